The van der Waals surface area contributed by atoms with Gasteiger partial charge in [0.1, 0.15) is 11.0 Å². The second-order valence-electron chi connectivity index (χ2n) is 4.22. The number of rotatable bonds is 0. The minimum atomic E-state index is 0.146. The van der Waals surface area contributed by atoms with Gasteiger partial charge in [-0.2, -0.15) is 0 Å². The molecule has 0 saturated heterocycles. The highest BCUT2D eigenvalue weighted by Gasteiger charge is 2.11. The Bertz CT molecular complexity index is 901. The monoisotopic (exact) mass is 266 g/mol. The second kappa shape index (κ2) is 3.83. The molecule has 4 nitrogen and oxygen atoms in total. The molecule has 0 amide bonds. The van der Waals surface area contributed by atoms with E-state index < -0.39 is 0 Å². The molecule has 0 aliphatic rings. The quantitative estimate of drug-likeness (QED) is 0.458. The van der Waals surface area contributed by atoms with Gasteiger partial charge in [-0.05, 0) is 23.7 Å². The zero-order valence-corrected chi connectivity index (χ0v) is 10.5. The van der Waals surface area contributed by atoms with E-state index in [0.29, 0.717) is 0 Å². The lowest BCUT2D eigenvalue weighted by Gasteiger charge is -2.06. The Labute approximate surface area is 113 Å². The fourth-order valence-electron chi connectivity index (χ4n) is 2.38. The summed E-state index contributed by atoms with van der Waals surface area (Å²) in [5.41, 5.74) is 2.39. The lowest BCUT2D eigenvalue weighted by atomic mass is 10.0. The molecule has 0 aliphatic carbocycles. The van der Waals surface area contributed by atoms with Crippen molar-refractivity contribution in [1.29, 1.82) is 0 Å². The Morgan fingerprint density at radius 3 is 2.32 bits per heavy atom. The van der Waals surface area contributed by atoms with Gasteiger partial charge >= 0.3 is 0 Å². The number of hydrogen-bond donors (Lipinski definition) is 0. The minimum absolute atomic E-state index is 0.146. The molecule has 5 heteroatoms. The molecule has 4 rings (SSSR count). The standard InChI is InChI=1S/C14H7ClN4/c15-14-17-12-10-6-3-7-16-11(10)8-4-1-2-5-9(8)13(12)18-19-14/h1-7H. The van der Waals surface area contributed by atoms with Crippen LogP contribution in [0.2, 0.25) is 5.28 Å². The van der Waals surface area contributed by atoms with Crippen LogP contribution < -0.4 is 0 Å². The maximum Gasteiger partial charge on any atom is 0.243 e. The molecule has 4 aromatic rings. The van der Waals surface area contributed by atoms with E-state index >= 15 is 0 Å². The van der Waals surface area contributed by atoms with Crippen molar-refractivity contribution in [2.45, 2.75) is 0 Å². The third-order valence-electron chi connectivity index (χ3n) is 3.16. The molecule has 0 fully saturated rings. The van der Waals surface area contributed by atoms with Crippen LogP contribution in [0.1, 0.15) is 0 Å². The van der Waals surface area contributed by atoms with Crippen molar-refractivity contribution in [2.75, 3.05) is 0 Å². The van der Waals surface area contributed by atoms with Gasteiger partial charge in [-0.1, -0.05) is 24.3 Å². The second-order valence-corrected chi connectivity index (χ2v) is 4.56. The lowest BCUT2D eigenvalue weighted by molar-refractivity contribution is 1.03. The largest absolute Gasteiger partial charge is 0.256 e. The minimum Gasteiger partial charge on any atom is -0.256 e. The Morgan fingerprint density at radius 2 is 1.47 bits per heavy atom. The van der Waals surface area contributed by atoms with E-state index in [1.165, 1.54) is 0 Å². The van der Waals surface area contributed by atoms with Crippen molar-refractivity contribution in [3.8, 4) is 0 Å². The summed E-state index contributed by atoms with van der Waals surface area (Å²) in [5, 5.41) is 11.2. The first-order valence-electron chi connectivity index (χ1n) is 5.80. The van der Waals surface area contributed by atoms with E-state index in [1.54, 1.807) is 6.20 Å². The van der Waals surface area contributed by atoms with Crippen LogP contribution in [0.5, 0.6) is 0 Å². The summed E-state index contributed by atoms with van der Waals surface area (Å²) in [6, 6.07) is 11.8. The Kier molecular flexibility index (Phi) is 2.13. The average Bonchev–Trinajstić information content (AvgIpc) is 2.47. The maximum absolute atomic E-state index is 5.87. The molecule has 0 atom stereocenters. The summed E-state index contributed by atoms with van der Waals surface area (Å²) in [7, 11) is 0. The van der Waals surface area contributed by atoms with Crippen molar-refractivity contribution in [2.24, 2.45) is 0 Å². The van der Waals surface area contributed by atoms with Crippen molar-refractivity contribution in [3.05, 3.63) is 47.9 Å². The zero-order chi connectivity index (χ0) is 12.8. The van der Waals surface area contributed by atoms with Gasteiger partial charge < -0.3 is 0 Å². The lowest BCUT2D eigenvalue weighted by Crippen LogP contribution is -1.93. The van der Waals surface area contributed by atoms with Crippen LogP contribution in [0.15, 0.2) is 42.6 Å². The predicted octanol–water partition coefficient (Wildman–Crippen LogP) is 3.38. The summed E-state index contributed by atoms with van der Waals surface area (Å²) in [5.74, 6) is 0. The van der Waals surface area contributed by atoms with Gasteiger partial charge in [0.25, 0.3) is 0 Å². The number of hydrogen-bond acceptors (Lipinski definition) is 4. The van der Waals surface area contributed by atoms with Gasteiger partial charge in [0.2, 0.25) is 5.28 Å². The SMILES string of the molecule is Clc1nnc2c3ccccc3c3ncccc3c2n1. The van der Waals surface area contributed by atoms with E-state index in [9.17, 15) is 0 Å². The molecule has 0 bridgehead atoms. The topological polar surface area (TPSA) is 51.6 Å². The maximum atomic E-state index is 5.87. The van der Waals surface area contributed by atoms with Crippen LogP contribution >= 0.6 is 11.6 Å². The summed E-state index contributed by atoms with van der Waals surface area (Å²) in [4.78, 5) is 8.76. The first kappa shape index (κ1) is 10.6. The molecule has 0 aliphatic heterocycles. The molecular formula is C14H7ClN4. The molecule has 2 heterocycles. The highest BCUT2D eigenvalue weighted by Crippen LogP contribution is 2.31. The number of benzene rings is 2. The van der Waals surface area contributed by atoms with Crippen LogP contribution in [0, 0.1) is 0 Å². The van der Waals surface area contributed by atoms with Gasteiger partial charge in [-0.25, -0.2) is 4.98 Å². The van der Waals surface area contributed by atoms with Crippen LogP contribution in [0.3, 0.4) is 0 Å². The van der Waals surface area contributed by atoms with Crippen LogP contribution in [-0.2, 0) is 0 Å². The molecule has 0 unspecified atom stereocenters. The molecule has 90 valence electrons. The molecule has 0 saturated carbocycles. The number of nitrogens with zero attached hydrogens (tertiary/aromatic N) is 4. The zero-order valence-electron chi connectivity index (χ0n) is 9.71. The normalized spacial score (nSPS) is 11.4. The number of pyridine rings is 1. The van der Waals surface area contributed by atoms with Gasteiger partial charge in [0, 0.05) is 22.4 Å². The molecule has 19 heavy (non-hydrogen) atoms. The van der Waals surface area contributed by atoms with E-state index in [1.807, 2.05) is 36.4 Å². The molecular weight excluding hydrogens is 260 g/mol. The molecule has 2 aromatic carbocycles. The number of aromatic nitrogens is 4. The predicted molar refractivity (Wildman–Crippen MR) is 75.2 cm³/mol. The van der Waals surface area contributed by atoms with Crippen molar-refractivity contribution >= 4 is 44.3 Å². The van der Waals surface area contributed by atoms with E-state index in [2.05, 4.69) is 20.2 Å². The first-order chi connectivity index (χ1) is 9.34. The van der Waals surface area contributed by atoms with E-state index in [-0.39, 0.29) is 5.28 Å². The van der Waals surface area contributed by atoms with Crippen LogP contribution in [-0.4, -0.2) is 20.2 Å². The van der Waals surface area contributed by atoms with Crippen molar-refractivity contribution in [1.82, 2.24) is 20.2 Å². The van der Waals surface area contributed by atoms with E-state index in [0.717, 1.165) is 32.7 Å². The van der Waals surface area contributed by atoms with Crippen molar-refractivity contribution in [3.63, 3.8) is 0 Å². The third-order valence-corrected chi connectivity index (χ3v) is 3.32. The van der Waals surface area contributed by atoms with Gasteiger partial charge in [-0.3, -0.25) is 4.98 Å². The van der Waals surface area contributed by atoms with Gasteiger partial charge in [0.15, 0.2) is 0 Å². The number of fused-ring (bicyclic) bond motifs is 6. The van der Waals surface area contributed by atoms with Crippen molar-refractivity contribution < 1.29 is 0 Å². The summed E-state index contributed by atoms with van der Waals surface area (Å²) in [6.45, 7) is 0. The highest BCUT2D eigenvalue weighted by molar-refractivity contribution is 6.29. The summed E-state index contributed by atoms with van der Waals surface area (Å²) < 4.78 is 0. The molecule has 0 spiro atoms. The molecule has 2 aromatic heterocycles. The highest BCUT2D eigenvalue weighted by atomic mass is 35.5. The van der Waals surface area contributed by atoms with Gasteiger partial charge in [-0.15, -0.1) is 10.2 Å². The van der Waals surface area contributed by atoms with E-state index in [4.69, 9.17) is 11.6 Å². The smallest absolute Gasteiger partial charge is 0.243 e. The molecule has 0 N–H and O–H groups in total. The Hall–Kier alpha value is -2.33. The van der Waals surface area contributed by atoms with Gasteiger partial charge in [0.05, 0.1) is 5.52 Å². The third kappa shape index (κ3) is 1.47. The first-order valence-corrected chi connectivity index (χ1v) is 6.18. The molecule has 0 radical (unpaired) electrons. The van der Waals surface area contributed by atoms with Crippen LogP contribution in [0.25, 0.3) is 32.7 Å². The fourth-order valence-corrected chi connectivity index (χ4v) is 2.50. The average molecular weight is 267 g/mol. The number of halogens is 1. The van der Waals surface area contributed by atoms with Crippen LogP contribution in [0.4, 0.5) is 0 Å². The Morgan fingerprint density at radius 1 is 0.737 bits per heavy atom. The Balaban J connectivity index is 2.43. The summed E-state index contributed by atoms with van der Waals surface area (Å²) in [6.07, 6.45) is 1.77. The fraction of sp³-hybridized carbons (Fsp3) is 0. The summed E-state index contributed by atoms with van der Waals surface area (Å²) >= 11 is 5.87.